The molecule has 0 saturated heterocycles. The molecule has 66 valence electrons. The van der Waals surface area contributed by atoms with Gasteiger partial charge in [0.2, 0.25) is 0 Å². The highest BCUT2D eigenvalue weighted by Gasteiger charge is 2.00. The zero-order valence-corrected chi connectivity index (χ0v) is 9.15. The number of methoxy groups -OCH3 is 1. The molecule has 1 aromatic carbocycles. The van der Waals surface area contributed by atoms with E-state index in [1.165, 1.54) is 0 Å². The van der Waals surface area contributed by atoms with Crippen molar-refractivity contribution in [2.75, 3.05) is 7.11 Å². The maximum absolute atomic E-state index is 5.10. The Bertz CT molecular complexity index is 445. The second-order valence-electron chi connectivity index (χ2n) is 2.55. The van der Waals surface area contributed by atoms with E-state index in [0.717, 1.165) is 20.4 Å². The molecule has 2 rings (SSSR count). The van der Waals surface area contributed by atoms with Crippen molar-refractivity contribution in [2.24, 2.45) is 0 Å². The van der Waals surface area contributed by atoms with Crippen LogP contribution in [0.5, 0.6) is 5.75 Å². The minimum atomic E-state index is 0.821. The lowest BCUT2D eigenvalue weighted by Gasteiger charge is -2.01. The Morgan fingerprint density at radius 1 is 1.31 bits per heavy atom. The first-order valence-electron chi connectivity index (χ1n) is 3.75. The Hall–Kier alpha value is -0.910. The quantitative estimate of drug-likeness (QED) is 0.595. The van der Waals surface area contributed by atoms with E-state index in [4.69, 9.17) is 4.74 Å². The fourth-order valence-electron chi connectivity index (χ4n) is 1.13. The monoisotopic (exact) mass is 286 g/mol. The Balaban J connectivity index is 2.72. The summed E-state index contributed by atoms with van der Waals surface area (Å²) < 4.78 is 6.06. The number of halogens is 1. The summed E-state index contributed by atoms with van der Waals surface area (Å²) >= 11 is 2.19. The van der Waals surface area contributed by atoms with E-state index in [1.54, 1.807) is 13.4 Å². The van der Waals surface area contributed by atoms with Crippen LogP contribution in [0.25, 0.3) is 10.9 Å². The molecule has 0 aliphatic heterocycles. The fraction of sp³-hybridized carbons (Fsp3) is 0.111. The van der Waals surface area contributed by atoms with Crippen LogP contribution < -0.4 is 4.74 Å². The zero-order valence-electron chi connectivity index (χ0n) is 6.99. The normalized spacial score (nSPS) is 10.3. The van der Waals surface area contributed by atoms with E-state index in [-0.39, 0.29) is 0 Å². The van der Waals surface area contributed by atoms with E-state index >= 15 is 0 Å². The molecule has 0 bridgehead atoms. The van der Waals surface area contributed by atoms with Gasteiger partial charge >= 0.3 is 0 Å². The zero-order chi connectivity index (χ0) is 9.26. The van der Waals surface area contributed by atoms with E-state index in [0.29, 0.717) is 0 Å². The van der Waals surface area contributed by atoms with Gasteiger partial charge in [-0.05, 0) is 34.7 Å². The smallest absolute Gasteiger partial charge is 0.121 e. The third-order valence-corrected chi connectivity index (χ3v) is 2.65. The molecule has 0 unspecified atom stereocenters. The predicted octanol–water partition coefficient (Wildman–Crippen LogP) is 2.24. The number of ether oxygens (including phenoxy) is 1. The highest BCUT2D eigenvalue weighted by atomic mass is 127. The van der Waals surface area contributed by atoms with Crippen molar-refractivity contribution < 1.29 is 4.74 Å². The van der Waals surface area contributed by atoms with Gasteiger partial charge in [0.05, 0.1) is 12.6 Å². The summed E-state index contributed by atoms with van der Waals surface area (Å²) in [4.78, 5) is 8.25. The number of hydrogen-bond acceptors (Lipinski definition) is 3. The van der Waals surface area contributed by atoms with Crippen LogP contribution >= 0.6 is 22.6 Å². The summed E-state index contributed by atoms with van der Waals surface area (Å²) in [6, 6.07) is 5.78. The van der Waals surface area contributed by atoms with Gasteiger partial charge in [0.15, 0.2) is 0 Å². The first-order valence-corrected chi connectivity index (χ1v) is 4.83. The first-order chi connectivity index (χ1) is 6.31. The van der Waals surface area contributed by atoms with Crippen molar-refractivity contribution in [2.45, 2.75) is 0 Å². The summed E-state index contributed by atoms with van der Waals surface area (Å²) in [6.45, 7) is 0. The highest BCUT2D eigenvalue weighted by Crippen LogP contribution is 2.21. The molecular weight excluding hydrogens is 279 g/mol. The topological polar surface area (TPSA) is 35.0 Å². The Labute approximate surface area is 89.3 Å². The molecule has 0 amide bonds. The molecule has 0 radical (unpaired) electrons. The van der Waals surface area contributed by atoms with Gasteiger partial charge in [0, 0.05) is 11.5 Å². The van der Waals surface area contributed by atoms with Crippen LogP contribution in [-0.2, 0) is 0 Å². The lowest BCUT2D eigenvalue weighted by atomic mass is 10.2. The minimum absolute atomic E-state index is 0.821. The maximum atomic E-state index is 5.10. The van der Waals surface area contributed by atoms with Crippen molar-refractivity contribution in [1.29, 1.82) is 0 Å². The lowest BCUT2D eigenvalue weighted by Crippen LogP contribution is -1.88. The number of rotatable bonds is 1. The van der Waals surface area contributed by atoms with E-state index in [9.17, 15) is 0 Å². The molecule has 0 aliphatic rings. The average molecular weight is 286 g/mol. The third-order valence-electron chi connectivity index (χ3n) is 1.80. The Morgan fingerprint density at radius 2 is 2.15 bits per heavy atom. The van der Waals surface area contributed by atoms with Gasteiger partial charge in [0.25, 0.3) is 0 Å². The van der Waals surface area contributed by atoms with Gasteiger partial charge in [-0.2, -0.15) is 0 Å². The van der Waals surface area contributed by atoms with Crippen LogP contribution in [0.4, 0.5) is 0 Å². The standard InChI is InChI=1S/C9H7IN2O/c1-13-6-2-3-7-8(4-6)11-5-12-9(7)10/h2-5H,1H3. The fourth-order valence-corrected chi connectivity index (χ4v) is 1.71. The minimum Gasteiger partial charge on any atom is -0.497 e. The molecule has 0 saturated carbocycles. The van der Waals surface area contributed by atoms with Crippen molar-refractivity contribution in [3.63, 3.8) is 0 Å². The summed E-state index contributed by atoms with van der Waals surface area (Å²) in [7, 11) is 1.65. The maximum Gasteiger partial charge on any atom is 0.121 e. The van der Waals surface area contributed by atoms with Crippen LogP contribution in [0, 0.1) is 3.70 Å². The van der Waals surface area contributed by atoms with Crippen LogP contribution in [0.2, 0.25) is 0 Å². The van der Waals surface area contributed by atoms with E-state index in [2.05, 4.69) is 32.6 Å². The molecular formula is C9H7IN2O. The third kappa shape index (κ3) is 1.58. The predicted molar refractivity (Wildman–Crippen MR) is 58.8 cm³/mol. The Morgan fingerprint density at radius 3 is 2.92 bits per heavy atom. The van der Waals surface area contributed by atoms with E-state index in [1.807, 2.05) is 18.2 Å². The van der Waals surface area contributed by atoms with Gasteiger partial charge in [0.1, 0.15) is 15.8 Å². The summed E-state index contributed by atoms with van der Waals surface area (Å²) in [6.07, 6.45) is 1.56. The van der Waals surface area contributed by atoms with Gasteiger partial charge in [-0.25, -0.2) is 9.97 Å². The second kappa shape index (κ2) is 3.45. The summed E-state index contributed by atoms with van der Waals surface area (Å²) in [5.41, 5.74) is 0.916. The molecule has 3 nitrogen and oxygen atoms in total. The molecule has 0 aliphatic carbocycles. The lowest BCUT2D eigenvalue weighted by molar-refractivity contribution is 0.415. The van der Waals surface area contributed by atoms with Gasteiger partial charge in [-0.15, -0.1) is 0 Å². The first kappa shape index (κ1) is 8.68. The molecule has 0 N–H and O–H groups in total. The van der Waals surface area contributed by atoms with Crippen molar-refractivity contribution >= 4 is 33.5 Å². The molecule has 2 aromatic rings. The summed E-state index contributed by atoms with van der Waals surface area (Å²) in [5.74, 6) is 0.821. The SMILES string of the molecule is COc1ccc2c(I)ncnc2c1. The van der Waals surface area contributed by atoms with Crippen molar-refractivity contribution in [3.05, 3.63) is 28.2 Å². The number of hydrogen-bond donors (Lipinski definition) is 0. The van der Waals surface area contributed by atoms with E-state index < -0.39 is 0 Å². The molecule has 1 aromatic heterocycles. The second-order valence-corrected chi connectivity index (χ2v) is 3.57. The van der Waals surface area contributed by atoms with Crippen molar-refractivity contribution in [3.8, 4) is 5.75 Å². The van der Waals surface area contributed by atoms with Gasteiger partial charge in [-0.3, -0.25) is 0 Å². The van der Waals surface area contributed by atoms with Crippen LogP contribution in [0.3, 0.4) is 0 Å². The van der Waals surface area contributed by atoms with Crippen LogP contribution in [0.1, 0.15) is 0 Å². The van der Waals surface area contributed by atoms with Gasteiger partial charge < -0.3 is 4.74 Å². The Kier molecular flexibility index (Phi) is 2.30. The van der Waals surface area contributed by atoms with Gasteiger partial charge in [-0.1, -0.05) is 0 Å². The summed E-state index contributed by atoms with van der Waals surface area (Å²) in [5, 5.41) is 1.06. The van der Waals surface area contributed by atoms with Crippen LogP contribution in [-0.4, -0.2) is 17.1 Å². The molecule has 1 heterocycles. The average Bonchev–Trinajstić information content (AvgIpc) is 2.18. The largest absolute Gasteiger partial charge is 0.497 e. The molecule has 4 heteroatoms. The number of nitrogens with zero attached hydrogens (tertiary/aromatic N) is 2. The number of benzene rings is 1. The highest BCUT2D eigenvalue weighted by molar-refractivity contribution is 14.1. The van der Waals surface area contributed by atoms with Crippen molar-refractivity contribution in [1.82, 2.24) is 9.97 Å². The molecule has 0 atom stereocenters. The van der Waals surface area contributed by atoms with Crippen LogP contribution in [0.15, 0.2) is 24.5 Å². The molecule has 0 spiro atoms. The number of aromatic nitrogens is 2. The molecule has 13 heavy (non-hydrogen) atoms. The number of fused-ring (bicyclic) bond motifs is 1. The molecule has 0 fully saturated rings.